The molecule has 0 radical (unpaired) electrons. The van der Waals surface area contributed by atoms with Crippen molar-refractivity contribution >= 4 is 31.0 Å². The monoisotopic (exact) mass is 389 g/mol. The van der Waals surface area contributed by atoms with E-state index in [4.69, 9.17) is 10.4 Å². The highest BCUT2D eigenvalue weighted by molar-refractivity contribution is 7.56. The molecule has 0 saturated carbocycles. The number of nitrogens with zero attached hydrogens (tertiary/aromatic N) is 1. The number of rotatable bonds is 6. The number of aliphatic hydroxyl groups excluding tert-OH is 1. The average Bonchev–Trinajstić information content (AvgIpc) is 2.66. The first-order valence-corrected chi connectivity index (χ1v) is 9.47. The smallest absolute Gasteiger partial charge is 0.255 e. The highest BCUT2D eigenvalue weighted by atomic mass is 31.1. The molecular formula is C19H21FN3O3P. The number of hydrogen-bond acceptors (Lipinski definition) is 5. The maximum atomic E-state index is 13.5. The van der Waals surface area contributed by atoms with Gasteiger partial charge in [0, 0.05) is 29.4 Å². The molecule has 0 aliphatic rings. The summed E-state index contributed by atoms with van der Waals surface area (Å²) in [5, 5.41) is 22.5. The molecule has 0 bridgehead atoms. The number of amides is 1. The molecule has 8 heteroatoms. The number of carbonyl (C=O) groups excluding carboxylic acids is 1. The number of anilines is 1. The zero-order valence-electron chi connectivity index (χ0n) is 14.9. The Hall–Kier alpha value is -2.62. The van der Waals surface area contributed by atoms with E-state index in [1.54, 1.807) is 25.2 Å². The van der Waals surface area contributed by atoms with Crippen LogP contribution in [0.15, 0.2) is 42.5 Å². The molecule has 2 rings (SSSR count). The molecule has 1 unspecified atom stereocenters. The fraction of sp³-hybridized carbons (Fsp3) is 0.211. The van der Waals surface area contributed by atoms with E-state index < -0.39 is 19.5 Å². The van der Waals surface area contributed by atoms with Gasteiger partial charge >= 0.3 is 0 Å². The van der Waals surface area contributed by atoms with Crippen molar-refractivity contribution in [3.63, 3.8) is 0 Å². The van der Waals surface area contributed by atoms with Gasteiger partial charge in [-0.1, -0.05) is 6.07 Å². The van der Waals surface area contributed by atoms with Gasteiger partial charge in [0.05, 0.1) is 33.2 Å². The quantitative estimate of drug-likeness (QED) is 0.643. The Balaban J connectivity index is 0.000000646. The Kier molecular flexibility index (Phi) is 9.88. The molecule has 0 saturated heterocycles. The van der Waals surface area contributed by atoms with E-state index in [-0.39, 0.29) is 18.6 Å². The SMILES string of the molecule is C=[P+]([O-])c1cccc(C(=O)Nc2ccc(F)c(CC#N)c2)c1.CNCCO. The molecule has 0 aliphatic heterocycles. The molecule has 3 N–H and O–H groups in total. The van der Waals surface area contributed by atoms with Crippen LogP contribution in [0.25, 0.3) is 0 Å². The highest BCUT2D eigenvalue weighted by Gasteiger charge is 2.11. The first-order chi connectivity index (χ1) is 12.9. The van der Waals surface area contributed by atoms with Gasteiger partial charge in [0.15, 0.2) is 0 Å². The lowest BCUT2D eigenvalue weighted by molar-refractivity contribution is -0.149. The third-order valence-electron chi connectivity index (χ3n) is 3.33. The van der Waals surface area contributed by atoms with Crippen LogP contribution in [0, 0.1) is 17.1 Å². The summed E-state index contributed by atoms with van der Waals surface area (Å²) in [7, 11) is 0.0259. The number of likely N-dealkylation sites (N-methyl/N-ethyl adjacent to an activating group) is 1. The third-order valence-corrected chi connectivity index (χ3v) is 4.19. The van der Waals surface area contributed by atoms with Crippen LogP contribution in [-0.4, -0.2) is 37.5 Å². The molecule has 1 amide bonds. The molecule has 142 valence electrons. The molecule has 1 atom stereocenters. The summed E-state index contributed by atoms with van der Waals surface area (Å²) >= 11 is 0. The van der Waals surface area contributed by atoms with Crippen molar-refractivity contribution in [2.24, 2.45) is 0 Å². The van der Waals surface area contributed by atoms with E-state index in [1.165, 1.54) is 24.3 Å². The Morgan fingerprint density at radius 3 is 2.67 bits per heavy atom. The lowest BCUT2D eigenvalue weighted by Gasteiger charge is -2.07. The van der Waals surface area contributed by atoms with Gasteiger partial charge in [-0.2, -0.15) is 5.26 Å². The summed E-state index contributed by atoms with van der Waals surface area (Å²) in [5.41, 5.74) is 0.937. The van der Waals surface area contributed by atoms with Crippen LogP contribution in [0.2, 0.25) is 0 Å². The first kappa shape index (κ1) is 22.4. The second-order valence-electron chi connectivity index (χ2n) is 5.35. The molecule has 0 aromatic heterocycles. The second kappa shape index (κ2) is 11.9. The van der Waals surface area contributed by atoms with Crippen LogP contribution >= 0.6 is 7.77 Å². The van der Waals surface area contributed by atoms with Gasteiger partial charge in [0.25, 0.3) is 5.91 Å². The van der Waals surface area contributed by atoms with E-state index in [2.05, 4.69) is 16.9 Å². The molecular weight excluding hydrogens is 368 g/mol. The first-order valence-electron chi connectivity index (χ1n) is 8.03. The van der Waals surface area contributed by atoms with Gasteiger partial charge in [0.1, 0.15) is 11.1 Å². The minimum atomic E-state index is -1.78. The topological polar surface area (TPSA) is 108 Å². The van der Waals surface area contributed by atoms with Crippen LogP contribution in [-0.2, 0) is 6.42 Å². The molecule has 0 fully saturated rings. The van der Waals surface area contributed by atoms with E-state index in [9.17, 15) is 14.1 Å². The molecule has 0 heterocycles. The molecule has 0 spiro atoms. The normalized spacial score (nSPS) is 10.3. The van der Waals surface area contributed by atoms with Gasteiger partial charge in [0.2, 0.25) is 0 Å². The zero-order valence-corrected chi connectivity index (χ0v) is 15.8. The summed E-state index contributed by atoms with van der Waals surface area (Å²) in [6.45, 7) is 0.927. The number of nitrogens with one attached hydrogen (secondary N) is 2. The lowest BCUT2D eigenvalue weighted by atomic mass is 10.1. The summed E-state index contributed by atoms with van der Waals surface area (Å²) < 4.78 is 13.5. The Morgan fingerprint density at radius 2 is 2.11 bits per heavy atom. The second-order valence-corrected chi connectivity index (χ2v) is 6.62. The minimum Gasteiger partial charge on any atom is -0.626 e. The maximum absolute atomic E-state index is 13.5. The third kappa shape index (κ3) is 7.65. The lowest BCUT2D eigenvalue weighted by Crippen LogP contribution is -2.15. The van der Waals surface area contributed by atoms with E-state index >= 15 is 0 Å². The highest BCUT2D eigenvalue weighted by Crippen LogP contribution is 2.17. The standard InChI is InChI=1S/C16H12FN2O2P.C3H9NO/c1-22(21)14-4-2-3-12(10-14)16(20)19-13-5-6-15(17)11(9-13)7-8-18;1-4-2-3-5/h2-6,9-10H,1,7H2,(H,19,20);4-5H,2-3H2,1H3. The predicted molar refractivity (Wildman–Crippen MR) is 105 cm³/mol. The van der Waals surface area contributed by atoms with E-state index in [1.807, 2.05) is 6.07 Å². The summed E-state index contributed by atoms with van der Waals surface area (Å²) in [5.74, 6) is -0.899. The molecule has 27 heavy (non-hydrogen) atoms. The van der Waals surface area contributed by atoms with Crippen LogP contribution in [0.5, 0.6) is 0 Å². The van der Waals surface area contributed by atoms with Crippen molar-refractivity contribution < 1.29 is 19.2 Å². The van der Waals surface area contributed by atoms with Gasteiger partial charge in [-0.3, -0.25) is 4.79 Å². The molecule has 0 aliphatic carbocycles. The number of hydrogen-bond donors (Lipinski definition) is 3. The molecule has 6 nitrogen and oxygen atoms in total. The van der Waals surface area contributed by atoms with E-state index in [0.29, 0.717) is 23.1 Å². The van der Waals surface area contributed by atoms with Crippen LogP contribution < -0.4 is 20.8 Å². The average molecular weight is 389 g/mol. The van der Waals surface area contributed by atoms with Crippen molar-refractivity contribution in [1.82, 2.24) is 5.32 Å². The summed E-state index contributed by atoms with van der Waals surface area (Å²) in [6, 6.07) is 12.2. The van der Waals surface area contributed by atoms with Crippen molar-refractivity contribution in [1.29, 1.82) is 5.26 Å². The predicted octanol–water partition coefficient (Wildman–Crippen LogP) is 1.16. The fourth-order valence-electron chi connectivity index (χ4n) is 1.99. The van der Waals surface area contributed by atoms with Crippen molar-refractivity contribution in [2.75, 3.05) is 25.5 Å². The Morgan fingerprint density at radius 1 is 1.37 bits per heavy atom. The fourth-order valence-corrected chi connectivity index (χ4v) is 2.53. The minimum absolute atomic E-state index is 0.0764. The Labute approximate surface area is 158 Å². The van der Waals surface area contributed by atoms with Gasteiger partial charge in [-0.25, -0.2) is 4.39 Å². The molecule has 2 aromatic rings. The van der Waals surface area contributed by atoms with Crippen molar-refractivity contribution in [3.8, 4) is 6.07 Å². The van der Waals surface area contributed by atoms with Crippen molar-refractivity contribution in [3.05, 3.63) is 59.4 Å². The van der Waals surface area contributed by atoms with Crippen LogP contribution in [0.3, 0.4) is 0 Å². The van der Waals surface area contributed by atoms with Crippen LogP contribution in [0.4, 0.5) is 10.1 Å². The van der Waals surface area contributed by atoms with Crippen molar-refractivity contribution in [2.45, 2.75) is 6.42 Å². The number of aliphatic hydroxyl groups is 1. The zero-order chi connectivity index (χ0) is 20.2. The Bertz CT molecular complexity index is 835. The molecule has 2 aromatic carbocycles. The number of carbonyl (C=O) groups is 1. The van der Waals surface area contributed by atoms with Gasteiger partial charge < -0.3 is 20.6 Å². The van der Waals surface area contributed by atoms with Gasteiger partial charge in [-0.05, 0) is 37.4 Å². The van der Waals surface area contributed by atoms with Crippen LogP contribution in [0.1, 0.15) is 15.9 Å². The van der Waals surface area contributed by atoms with E-state index in [0.717, 1.165) is 0 Å². The maximum Gasteiger partial charge on any atom is 0.255 e. The summed E-state index contributed by atoms with van der Waals surface area (Å²) in [4.78, 5) is 23.5. The largest absolute Gasteiger partial charge is 0.626 e. The summed E-state index contributed by atoms with van der Waals surface area (Å²) in [6.07, 6.45) is 3.36. The number of nitriles is 1. The number of benzene rings is 2. The van der Waals surface area contributed by atoms with Gasteiger partial charge in [-0.15, -0.1) is 0 Å². The number of halogens is 1.